The van der Waals surface area contributed by atoms with E-state index in [0.717, 1.165) is 19.6 Å². The standard InChI is InChI=1S/C22H26N2O4S/c1-18(25)20-7-9-21(10-8-20)29(26,27)24-15-16-28-22(24)11-13-23(14-12-22)17-19-5-3-2-4-6-19/h2-10H,11-17H2,1H3. The average molecular weight is 415 g/mol. The fourth-order valence-corrected chi connectivity index (χ4v) is 5.94. The number of Topliss-reactive ketones (excluding diaryl/α,β-unsaturated/α-hetero) is 1. The first kappa shape index (κ1) is 20.2. The molecule has 29 heavy (non-hydrogen) atoms. The smallest absolute Gasteiger partial charge is 0.245 e. The van der Waals surface area contributed by atoms with E-state index in [-0.39, 0.29) is 10.7 Å². The number of carbonyl (C=O) groups is 1. The Labute approximate surface area is 172 Å². The fourth-order valence-electron chi connectivity index (χ4n) is 4.22. The van der Waals surface area contributed by atoms with Crippen LogP contribution in [0.5, 0.6) is 0 Å². The van der Waals surface area contributed by atoms with E-state index in [2.05, 4.69) is 17.0 Å². The molecule has 0 N–H and O–H groups in total. The van der Waals surface area contributed by atoms with Gasteiger partial charge in [0.1, 0.15) is 5.72 Å². The number of hydrogen-bond acceptors (Lipinski definition) is 5. The lowest BCUT2D eigenvalue weighted by molar-refractivity contribution is -0.0917. The summed E-state index contributed by atoms with van der Waals surface area (Å²) in [5.74, 6) is -0.0827. The average Bonchev–Trinajstić information content (AvgIpc) is 3.15. The van der Waals surface area contributed by atoms with E-state index >= 15 is 0 Å². The van der Waals surface area contributed by atoms with Gasteiger partial charge < -0.3 is 4.74 Å². The maximum absolute atomic E-state index is 13.3. The second kappa shape index (κ2) is 7.99. The maximum Gasteiger partial charge on any atom is 0.245 e. The Bertz CT molecular complexity index is 966. The van der Waals surface area contributed by atoms with Crippen LogP contribution in [0.4, 0.5) is 0 Å². The summed E-state index contributed by atoms with van der Waals surface area (Å²) in [5, 5.41) is 0. The molecule has 0 aliphatic carbocycles. The van der Waals surface area contributed by atoms with E-state index in [1.807, 2.05) is 18.2 Å². The Morgan fingerprint density at radius 3 is 2.28 bits per heavy atom. The Kier molecular flexibility index (Phi) is 5.57. The van der Waals surface area contributed by atoms with Crippen LogP contribution in [-0.2, 0) is 21.3 Å². The monoisotopic (exact) mass is 414 g/mol. The van der Waals surface area contributed by atoms with Crippen LogP contribution in [0.2, 0.25) is 0 Å². The number of nitrogens with zero attached hydrogens (tertiary/aromatic N) is 2. The Balaban J connectivity index is 1.49. The van der Waals surface area contributed by atoms with Gasteiger partial charge in [-0.1, -0.05) is 42.5 Å². The van der Waals surface area contributed by atoms with Crippen LogP contribution < -0.4 is 0 Å². The summed E-state index contributed by atoms with van der Waals surface area (Å²) in [6, 6.07) is 16.5. The van der Waals surface area contributed by atoms with Gasteiger partial charge in [-0.2, -0.15) is 4.31 Å². The number of ketones is 1. The van der Waals surface area contributed by atoms with Crippen LogP contribution >= 0.6 is 0 Å². The van der Waals surface area contributed by atoms with Gasteiger partial charge in [0.2, 0.25) is 10.0 Å². The molecule has 1 spiro atoms. The van der Waals surface area contributed by atoms with Gasteiger partial charge in [-0.25, -0.2) is 8.42 Å². The second-order valence-corrected chi connectivity index (χ2v) is 9.58. The number of sulfonamides is 1. The maximum atomic E-state index is 13.3. The number of carbonyl (C=O) groups excluding carboxylic acids is 1. The van der Waals surface area contributed by atoms with Crippen LogP contribution in [0, 0.1) is 0 Å². The number of benzene rings is 2. The molecule has 0 radical (unpaired) electrons. The highest BCUT2D eigenvalue weighted by Crippen LogP contribution is 2.38. The van der Waals surface area contributed by atoms with Gasteiger partial charge in [0.05, 0.1) is 11.5 Å². The molecule has 2 saturated heterocycles. The minimum Gasteiger partial charge on any atom is -0.358 e. The zero-order valence-corrected chi connectivity index (χ0v) is 17.4. The third-order valence-electron chi connectivity index (χ3n) is 5.85. The van der Waals surface area contributed by atoms with Crippen molar-refractivity contribution in [3.05, 3.63) is 65.7 Å². The van der Waals surface area contributed by atoms with Crippen molar-refractivity contribution in [2.24, 2.45) is 0 Å². The first-order chi connectivity index (χ1) is 13.9. The minimum atomic E-state index is -3.69. The Morgan fingerprint density at radius 2 is 1.66 bits per heavy atom. The molecular formula is C22H26N2O4S. The summed E-state index contributed by atoms with van der Waals surface area (Å²) < 4.78 is 34.2. The van der Waals surface area contributed by atoms with Gasteiger partial charge in [0.15, 0.2) is 5.78 Å². The van der Waals surface area contributed by atoms with Gasteiger partial charge in [0, 0.05) is 44.6 Å². The third-order valence-corrected chi connectivity index (χ3v) is 7.82. The summed E-state index contributed by atoms with van der Waals surface area (Å²) in [6.07, 6.45) is 1.29. The van der Waals surface area contributed by atoms with Crippen molar-refractivity contribution in [1.82, 2.24) is 9.21 Å². The van der Waals surface area contributed by atoms with Crippen LogP contribution in [0.15, 0.2) is 59.5 Å². The van der Waals surface area contributed by atoms with Crippen molar-refractivity contribution in [2.75, 3.05) is 26.2 Å². The molecule has 2 aliphatic rings. The lowest BCUT2D eigenvalue weighted by Crippen LogP contribution is -2.54. The summed E-state index contributed by atoms with van der Waals surface area (Å²) in [4.78, 5) is 14.0. The molecule has 0 unspecified atom stereocenters. The largest absolute Gasteiger partial charge is 0.358 e. The summed E-state index contributed by atoms with van der Waals surface area (Å²) in [5.41, 5.74) is 0.988. The summed E-state index contributed by atoms with van der Waals surface area (Å²) in [6.45, 7) is 4.65. The predicted molar refractivity (Wildman–Crippen MR) is 110 cm³/mol. The Morgan fingerprint density at radius 1 is 1.00 bits per heavy atom. The zero-order chi connectivity index (χ0) is 20.5. The van der Waals surface area contributed by atoms with Crippen LogP contribution in [0.3, 0.4) is 0 Å². The number of likely N-dealkylation sites (tertiary alicyclic amines) is 1. The van der Waals surface area contributed by atoms with E-state index in [9.17, 15) is 13.2 Å². The molecule has 2 aromatic carbocycles. The first-order valence-corrected chi connectivity index (χ1v) is 11.4. The van der Waals surface area contributed by atoms with E-state index < -0.39 is 15.7 Å². The van der Waals surface area contributed by atoms with Crippen molar-refractivity contribution < 1.29 is 17.9 Å². The molecule has 6 nitrogen and oxygen atoms in total. The predicted octanol–water partition coefficient (Wildman–Crippen LogP) is 2.90. The molecule has 2 fully saturated rings. The van der Waals surface area contributed by atoms with E-state index in [4.69, 9.17) is 4.74 Å². The van der Waals surface area contributed by atoms with Crippen LogP contribution in [-0.4, -0.2) is 55.4 Å². The molecule has 154 valence electrons. The van der Waals surface area contributed by atoms with Crippen molar-refractivity contribution in [3.8, 4) is 0 Å². The van der Waals surface area contributed by atoms with Crippen molar-refractivity contribution >= 4 is 15.8 Å². The van der Waals surface area contributed by atoms with E-state index in [1.54, 1.807) is 12.1 Å². The van der Waals surface area contributed by atoms with Crippen LogP contribution in [0.1, 0.15) is 35.7 Å². The highest BCUT2D eigenvalue weighted by molar-refractivity contribution is 7.89. The molecule has 0 amide bonds. The molecule has 0 saturated carbocycles. The number of ether oxygens (including phenoxy) is 1. The molecule has 2 aromatic rings. The summed E-state index contributed by atoms with van der Waals surface area (Å²) >= 11 is 0. The molecule has 2 heterocycles. The number of piperidine rings is 1. The van der Waals surface area contributed by atoms with Crippen molar-refractivity contribution in [1.29, 1.82) is 0 Å². The van der Waals surface area contributed by atoms with Crippen molar-refractivity contribution in [3.63, 3.8) is 0 Å². The first-order valence-electron chi connectivity index (χ1n) is 9.95. The molecule has 0 atom stereocenters. The number of hydrogen-bond donors (Lipinski definition) is 0. The topological polar surface area (TPSA) is 66.9 Å². The fraction of sp³-hybridized carbons (Fsp3) is 0.409. The SMILES string of the molecule is CC(=O)c1ccc(S(=O)(=O)N2CCOC23CCN(Cc2ccccc2)CC3)cc1. The van der Waals surface area contributed by atoms with E-state index in [0.29, 0.717) is 31.6 Å². The highest BCUT2D eigenvalue weighted by atomic mass is 32.2. The van der Waals surface area contributed by atoms with Gasteiger partial charge in [-0.3, -0.25) is 9.69 Å². The van der Waals surface area contributed by atoms with Gasteiger partial charge in [0.25, 0.3) is 0 Å². The number of rotatable bonds is 5. The lowest BCUT2D eigenvalue weighted by Gasteiger charge is -2.42. The van der Waals surface area contributed by atoms with Crippen LogP contribution in [0.25, 0.3) is 0 Å². The molecule has 2 aliphatic heterocycles. The molecular weight excluding hydrogens is 388 g/mol. The second-order valence-electron chi connectivity index (χ2n) is 7.71. The molecule has 4 rings (SSSR count). The normalized spacial score (nSPS) is 20.2. The lowest BCUT2D eigenvalue weighted by atomic mass is 10.00. The van der Waals surface area contributed by atoms with Gasteiger partial charge in [-0.05, 0) is 24.6 Å². The zero-order valence-electron chi connectivity index (χ0n) is 16.6. The van der Waals surface area contributed by atoms with Gasteiger partial charge in [-0.15, -0.1) is 0 Å². The highest BCUT2D eigenvalue weighted by Gasteiger charge is 2.50. The molecule has 7 heteroatoms. The van der Waals surface area contributed by atoms with E-state index in [1.165, 1.54) is 28.9 Å². The summed E-state index contributed by atoms with van der Waals surface area (Å²) in [7, 11) is -3.69. The Hall–Kier alpha value is -2.06. The minimum absolute atomic E-state index is 0.0827. The van der Waals surface area contributed by atoms with Gasteiger partial charge >= 0.3 is 0 Å². The molecule has 0 bridgehead atoms. The molecule has 0 aromatic heterocycles. The van der Waals surface area contributed by atoms with Crippen molar-refractivity contribution in [2.45, 2.75) is 36.9 Å². The third kappa shape index (κ3) is 4.00. The quantitative estimate of drug-likeness (QED) is 0.704.